The molecule has 2 aromatic heterocycles. The topological polar surface area (TPSA) is 62.1 Å². The molecule has 0 saturated carbocycles. The number of para-hydroxylation sites is 3. The molecule has 2 aliphatic rings. The molecule has 0 bridgehead atoms. The Bertz CT molecular complexity index is 3910. The number of hydrogen-bond donors (Lipinski definition) is 0. The Morgan fingerprint density at radius 2 is 0.843 bits per heavy atom. The molecular weight excluding hydrogens is 857 g/mol. The summed E-state index contributed by atoms with van der Waals surface area (Å²) in [6.45, 7) is 0. The molecule has 70 heavy (non-hydrogen) atoms. The first kappa shape index (κ1) is 39.7. The van der Waals surface area contributed by atoms with E-state index >= 15 is 0 Å². The Kier molecular flexibility index (Phi) is 9.01. The van der Waals surface area contributed by atoms with Crippen LogP contribution < -0.4 is 9.47 Å². The van der Waals surface area contributed by atoms with Gasteiger partial charge < -0.3 is 14.0 Å². The van der Waals surface area contributed by atoms with Crippen LogP contribution in [-0.2, 0) is 5.41 Å². The fourth-order valence-corrected chi connectivity index (χ4v) is 10.9. The number of rotatable bonds is 7. The van der Waals surface area contributed by atoms with E-state index in [2.05, 4.69) is 199 Å². The predicted molar refractivity (Wildman–Crippen MR) is 280 cm³/mol. The highest BCUT2D eigenvalue weighted by Crippen LogP contribution is 2.62. The van der Waals surface area contributed by atoms with E-state index in [1.807, 2.05) is 48.5 Å². The van der Waals surface area contributed by atoms with Crippen molar-refractivity contribution in [2.75, 3.05) is 0 Å². The normalized spacial score (nSPS) is 12.9. The molecular formula is C64H40N4O2. The Labute approximate surface area is 404 Å². The van der Waals surface area contributed by atoms with Crippen molar-refractivity contribution in [1.82, 2.24) is 19.5 Å². The lowest BCUT2D eigenvalue weighted by Crippen LogP contribution is -2.28. The third kappa shape index (κ3) is 6.10. The van der Waals surface area contributed by atoms with Gasteiger partial charge in [0.25, 0.3) is 0 Å². The monoisotopic (exact) mass is 896 g/mol. The van der Waals surface area contributed by atoms with Gasteiger partial charge in [-0.05, 0) is 88.0 Å². The predicted octanol–water partition coefficient (Wildman–Crippen LogP) is 15.9. The second kappa shape index (κ2) is 15.9. The van der Waals surface area contributed by atoms with Crippen molar-refractivity contribution in [2.24, 2.45) is 0 Å². The lowest BCUT2D eigenvalue weighted by atomic mass is 9.68. The minimum atomic E-state index is -0.554. The van der Waals surface area contributed by atoms with Crippen LogP contribution >= 0.6 is 0 Å². The lowest BCUT2D eigenvalue weighted by molar-refractivity contribution is 0.361. The van der Waals surface area contributed by atoms with Gasteiger partial charge >= 0.3 is 0 Å². The highest BCUT2D eigenvalue weighted by Gasteiger charge is 2.48. The smallest absolute Gasteiger partial charge is 0.178 e. The van der Waals surface area contributed by atoms with E-state index < -0.39 is 5.41 Å². The largest absolute Gasteiger partial charge is 0.449 e. The lowest BCUT2D eigenvalue weighted by Gasteiger charge is -2.34. The van der Waals surface area contributed by atoms with Crippen LogP contribution in [0.5, 0.6) is 23.0 Å². The Hall–Kier alpha value is -9.39. The molecule has 10 aromatic carbocycles. The SMILES string of the molecule is c1ccc(-c2nc(-c3ccc(-n4c5ccccc5c5ccccc54)cc3)nc(-c3cccc(-c4cccc5c4Oc4ccc6c(c4O5)-c4ccccc4C6(c4ccccc4)c4ccccc4)c3)n2)cc1. The van der Waals surface area contributed by atoms with Crippen LogP contribution in [0.15, 0.2) is 243 Å². The van der Waals surface area contributed by atoms with Gasteiger partial charge in [0.2, 0.25) is 0 Å². The first-order valence-electron chi connectivity index (χ1n) is 23.6. The first-order chi connectivity index (χ1) is 34.7. The second-order valence-corrected chi connectivity index (χ2v) is 17.8. The number of ether oxygens (including phenoxy) is 2. The third-order valence-electron chi connectivity index (χ3n) is 14.0. The molecule has 0 unspecified atom stereocenters. The van der Waals surface area contributed by atoms with Gasteiger partial charge in [0.1, 0.15) is 0 Å². The quantitative estimate of drug-likeness (QED) is 0.159. The molecule has 12 aromatic rings. The van der Waals surface area contributed by atoms with Crippen molar-refractivity contribution >= 4 is 21.8 Å². The van der Waals surface area contributed by atoms with Gasteiger partial charge in [0.05, 0.1) is 16.4 Å². The maximum Gasteiger partial charge on any atom is 0.178 e. The molecule has 0 atom stereocenters. The minimum absolute atomic E-state index is 0.554. The van der Waals surface area contributed by atoms with Crippen LogP contribution in [0.2, 0.25) is 0 Å². The van der Waals surface area contributed by atoms with Gasteiger partial charge in [-0.15, -0.1) is 0 Å². The standard InChI is InChI=1S/C64H40N4O2/c1-4-18-41(19-5-1)61-65-62(42-34-36-47(37-35-42)68-54-31-14-11-26-49(54)50-27-12-15-32-55(50)68)67-63(66-61)44-21-16-20-43(40-44)48-29-17-33-56-59(48)69-57-39-38-53-58(60(57)70-56)51-28-10-13-30-52(51)64(53,45-22-6-2-7-23-45)46-24-8-3-9-25-46/h1-40H. The zero-order valence-electron chi connectivity index (χ0n) is 37.7. The summed E-state index contributed by atoms with van der Waals surface area (Å²) >= 11 is 0. The van der Waals surface area contributed by atoms with Crippen molar-refractivity contribution < 1.29 is 9.47 Å². The van der Waals surface area contributed by atoms with Crippen molar-refractivity contribution in [3.63, 3.8) is 0 Å². The van der Waals surface area contributed by atoms with Gasteiger partial charge in [-0.2, -0.15) is 0 Å². The zero-order valence-corrected chi connectivity index (χ0v) is 37.7. The van der Waals surface area contributed by atoms with Gasteiger partial charge in [-0.1, -0.05) is 188 Å². The molecule has 6 nitrogen and oxygen atoms in total. The summed E-state index contributed by atoms with van der Waals surface area (Å²) in [5.41, 5.74) is 14.3. The maximum atomic E-state index is 7.06. The fraction of sp³-hybridized carbons (Fsp3) is 0.0156. The number of nitrogens with zero attached hydrogens (tertiary/aromatic N) is 4. The minimum Gasteiger partial charge on any atom is -0.449 e. The van der Waals surface area contributed by atoms with Gasteiger partial charge in [0, 0.05) is 44.3 Å². The van der Waals surface area contributed by atoms with Crippen molar-refractivity contribution in [3.05, 3.63) is 265 Å². The fourth-order valence-electron chi connectivity index (χ4n) is 10.9. The molecule has 1 aliphatic carbocycles. The molecule has 328 valence electrons. The molecule has 0 spiro atoms. The van der Waals surface area contributed by atoms with Gasteiger partial charge in [-0.25, -0.2) is 15.0 Å². The van der Waals surface area contributed by atoms with Crippen molar-refractivity contribution in [2.45, 2.75) is 5.41 Å². The van der Waals surface area contributed by atoms with Crippen LogP contribution in [0.1, 0.15) is 22.3 Å². The van der Waals surface area contributed by atoms with E-state index in [4.69, 9.17) is 24.4 Å². The summed E-state index contributed by atoms with van der Waals surface area (Å²) in [5.74, 6) is 4.44. The van der Waals surface area contributed by atoms with Gasteiger partial charge in [0.15, 0.2) is 40.5 Å². The molecule has 0 fully saturated rings. The molecule has 3 heterocycles. The van der Waals surface area contributed by atoms with E-state index in [0.29, 0.717) is 40.5 Å². The highest BCUT2D eigenvalue weighted by molar-refractivity contribution is 6.09. The Morgan fingerprint density at radius 1 is 0.343 bits per heavy atom. The highest BCUT2D eigenvalue weighted by atomic mass is 16.6. The Morgan fingerprint density at radius 3 is 1.53 bits per heavy atom. The number of benzene rings is 10. The summed E-state index contributed by atoms with van der Waals surface area (Å²) < 4.78 is 16.4. The summed E-state index contributed by atoms with van der Waals surface area (Å²) in [5, 5.41) is 2.45. The van der Waals surface area contributed by atoms with Crippen LogP contribution in [0.4, 0.5) is 0 Å². The maximum absolute atomic E-state index is 7.06. The summed E-state index contributed by atoms with van der Waals surface area (Å²) in [6, 6.07) is 84.7. The first-order valence-corrected chi connectivity index (χ1v) is 23.6. The summed E-state index contributed by atoms with van der Waals surface area (Å²) in [6.07, 6.45) is 0. The van der Waals surface area contributed by atoms with E-state index in [1.165, 1.54) is 27.5 Å². The molecule has 0 N–H and O–H groups in total. The molecule has 1 aliphatic heterocycles. The number of fused-ring (bicyclic) bond motifs is 9. The van der Waals surface area contributed by atoms with Crippen LogP contribution in [-0.4, -0.2) is 19.5 Å². The van der Waals surface area contributed by atoms with E-state index in [9.17, 15) is 0 Å². The zero-order chi connectivity index (χ0) is 46.2. The molecule has 0 saturated heterocycles. The molecule has 0 radical (unpaired) electrons. The van der Waals surface area contributed by atoms with Crippen molar-refractivity contribution in [1.29, 1.82) is 0 Å². The Balaban J connectivity index is 0.850. The second-order valence-electron chi connectivity index (χ2n) is 17.8. The van der Waals surface area contributed by atoms with Gasteiger partial charge in [-0.3, -0.25) is 0 Å². The van der Waals surface area contributed by atoms with E-state index in [0.717, 1.165) is 61.2 Å². The number of hydrogen-bond acceptors (Lipinski definition) is 5. The molecule has 14 rings (SSSR count). The van der Waals surface area contributed by atoms with Crippen LogP contribution in [0, 0.1) is 0 Å². The third-order valence-corrected chi connectivity index (χ3v) is 14.0. The van der Waals surface area contributed by atoms with E-state index in [1.54, 1.807) is 0 Å². The van der Waals surface area contributed by atoms with Crippen LogP contribution in [0.25, 0.3) is 83.9 Å². The average Bonchev–Trinajstić information content (AvgIpc) is 3.94. The van der Waals surface area contributed by atoms with E-state index in [-0.39, 0.29) is 0 Å². The van der Waals surface area contributed by atoms with Crippen LogP contribution in [0.3, 0.4) is 0 Å². The summed E-state index contributed by atoms with van der Waals surface area (Å²) in [7, 11) is 0. The van der Waals surface area contributed by atoms with Crippen molar-refractivity contribution in [3.8, 4) is 85.1 Å². The molecule has 0 amide bonds. The molecule has 6 heteroatoms. The average molecular weight is 897 g/mol. The number of aromatic nitrogens is 4. The summed E-state index contributed by atoms with van der Waals surface area (Å²) in [4.78, 5) is 15.3.